The monoisotopic (exact) mass is 334 g/mol. The number of nitrogens with two attached hydrogens (primary N) is 1. The number of hydrogen-bond donors (Lipinski definition) is 2. The Kier molecular flexibility index (Phi) is 4.08. The highest BCUT2D eigenvalue weighted by Crippen LogP contribution is 2.28. The van der Waals surface area contributed by atoms with E-state index in [2.05, 4.69) is 4.72 Å². The first-order valence-corrected chi connectivity index (χ1v) is 7.57. The molecule has 0 saturated carbocycles. The minimum absolute atomic E-state index is 0.00402. The van der Waals surface area contributed by atoms with E-state index in [0.29, 0.717) is 0 Å². The number of nitrogen functional groups attached to an aromatic ring is 1. The summed E-state index contributed by atoms with van der Waals surface area (Å²) in [6.45, 7) is 0. The molecular formula is C12H9Cl2FN2O2S. The highest BCUT2D eigenvalue weighted by molar-refractivity contribution is 7.92. The number of halogens is 3. The molecule has 2 rings (SSSR count). The predicted octanol–water partition coefficient (Wildman–Crippen LogP) is 3.52. The van der Waals surface area contributed by atoms with Gasteiger partial charge in [0.15, 0.2) is 5.82 Å². The van der Waals surface area contributed by atoms with Crippen LogP contribution in [0.15, 0.2) is 41.3 Å². The summed E-state index contributed by atoms with van der Waals surface area (Å²) in [4.78, 5) is -0.232. The Morgan fingerprint density at radius 2 is 1.85 bits per heavy atom. The molecule has 8 heteroatoms. The summed E-state index contributed by atoms with van der Waals surface area (Å²) >= 11 is 11.3. The number of anilines is 2. The summed E-state index contributed by atoms with van der Waals surface area (Å²) in [5, 5.41) is 0.00964. The van der Waals surface area contributed by atoms with Crippen LogP contribution >= 0.6 is 23.2 Å². The number of rotatable bonds is 3. The Bertz CT molecular complexity index is 766. The fraction of sp³-hybridized carbons (Fsp3) is 0. The third-order valence-corrected chi connectivity index (χ3v) is 4.41. The molecule has 0 amide bonds. The zero-order valence-corrected chi connectivity index (χ0v) is 12.2. The van der Waals surface area contributed by atoms with Crippen LogP contribution in [0.3, 0.4) is 0 Å². The van der Waals surface area contributed by atoms with E-state index in [4.69, 9.17) is 28.9 Å². The quantitative estimate of drug-likeness (QED) is 0.843. The summed E-state index contributed by atoms with van der Waals surface area (Å²) in [6, 6.07) is 7.97. The molecule has 0 radical (unpaired) electrons. The normalized spacial score (nSPS) is 11.3. The van der Waals surface area contributed by atoms with E-state index in [1.54, 1.807) is 0 Å². The Balaban J connectivity index is 2.46. The number of sulfonamides is 1. The lowest BCUT2D eigenvalue weighted by atomic mass is 10.3. The topological polar surface area (TPSA) is 72.2 Å². The summed E-state index contributed by atoms with van der Waals surface area (Å²) in [5.41, 5.74) is 5.34. The molecule has 0 saturated heterocycles. The second kappa shape index (κ2) is 5.47. The van der Waals surface area contributed by atoms with Gasteiger partial charge in [0.25, 0.3) is 10.0 Å². The lowest BCUT2D eigenvalue weighted by Crippen LogP contribution is -2.15. The molecule has 2 aromatic rings. The average Bonchev–Trinajstić information content (AvgIpc) is 2.37. The van der Waals surface area contributed by atoms with Gasteiger partial charge in [0.2, 0.25) is 0 Å². The number of nitrogens with one attached hydrogen (secondary N) is 1. The summed E-state index contributed by atoms with van der Waals surface area (Å²) in [7, 11) is -4.06. The van der Waals surface area contributed by atoms with Crippen LogP contribution in [0, 0.1) is 5.82 Å². The first kappa shape index (κ1) is 14.9. The van der Waals surface area contributed by atoms with Crippen molar-refractivity contribution in [2.24, 2.45) is 0 Å². The maximum atomic E-state index is 13.7. The van der Waals surface area contributed by atoms with Gasteiger partial charge in [0, 0.05) is 5.02 Å². The van der Waals surface area contributed by atoms with Crippen LogP contribution in [0.5, 0.6) is 0 Å². The first-order valence-electron chi connectivity index (χ1n) is 5.33. The lowest BCUT2D eigenvalue weighted by Gasteiger charge is -2.11. The van der Waals surface area contributed by atoms with Gasteiger partial charge in [-0.3, -0.25) is 4.72 Å². The van der Waals surface area contributed by atoms with Crippen LogP contribution in [-0.2, 0) is 10.0 Å². The first-order chi connectivity index (χ1) is 9.31. The highest BCUT2D eigenvalue weighted by Gasteiger charge is 2.20. The van der Waals surface area contributed by atoms with Gasteiger partial charge in [-0.2, -0.15) is 0 Å². The van der Waals surface area contributed by atoms with E-state index in [-0.39, 0.29) is 26.3 Å². The SMILES string of the molecule is Nc1ccc(Cl)cc1S(=O)(=O)Nc1cccc(Cl)c1F. The van der Waals surface area contributed by atoms with E-state index in [0.717, 1.165) is 0 Å². The standard InChI is InChI=1S/C12H9Cl2FN2O2S/c13-7-4-5-9(16)11(6-7)20(18,19)17-10-3-1-2-8(14)12(10)15/h1-6,17H,16H2. The van der Waals surface area contributed by atoms with Crippen LogP contribution in [-0.4, -0.2) is 8.42 Å². The molecule has 0 unspecified atom stereocenters. The molecule has 0 fully saturated rings. The van der Waals surface area contributed by atoms with Crippen LogP contribution in [0.1, 0.15) is 0 Å². The lowest BCUT2D eigenvalue weighted by molar-refractivity contribution is 0.599. The Labute approximate surface area is 125 Å². The molecule has 106 valence electrons. The molecule has 0 heterocycles. The van der Waals surface area contributed by atoms with Crippen LogP contribution < -0.4 is 10.5 Å². The van der Waals surface area contributed by atoms with Gasteiger partial charge in [0.1, 0.15) is 4.90 Å². The van der Waals surface area contributed by atoms with Crippen LogP contribution in [0.2, 0.25) is 10.0 Å². The second-order valence-electron chi connectivity index (χ2n) is 3.89. The van der Waals surface area contributed by atoms with E-state index in [1.807, 2.05) is 0 Å². The largest absolute Gasteiger partial charge is 0.398 e. The van der Waals surface area contributed by atoms with Gasteiger partial charge in [0.05, 0.1) is 16.4 Å². The van der Waals surface area contributed by atoms with Gasteiger partial charge in [-0.05, 0) is 30.3 Å². The van der Waals surface area contributed by atoms with Crippen LogP contribution in [0.25, 0.3) is 0 Å². The minimum Gasteiger partial charge on any atom is -0.398 e. The Morgan fingerprint density at radius 3 is 2.55 bits per heavy atom. The zero-order valence-electron chi connectivity index (χ0n) is 9.90. The molecule has 0 spiro atoms. The molecule has 0 aliphatic heterocycles. The second-order valence-corrected chi connectivity index (χ2v) is 6.38. The highest BCUT2D eigenvalue weighted by atomic mass is 35.5. The van der Waals surface area contributed by atoms with Gasteiger partial charge < -0.3 is 5.73 Å². The van der Waals surface area contributed by atoms with E-state index in [1.165, 1.54) is 36.4 Å². The molecule has 4 nitrogen and oxygen atoms in total. The fourth-order valence-corrected chi connectivity index (χ4v) is 3.15. The van der Waals surface area contributed by atoms with E-state index < -0.39 is 15.8 Å². The minimum atomic E-state index is -4.06. The molecule has 2 aromatic carbocycles. The Morgan fingerprint density at radius 1 is 1.15 bits per heavy atom. The Hall–Kier alpha value is -1.50. The molecule has 0 aliphatic rings. The maximum absolute atomic E-state index is 13.7. The van der Waals surface area contributed by atoms with Crippen molar-refractivity contribution >= 4 is 44.6 Å². The molecule has 0 aromatic heterocycles. The number of hydrogen-bond acceptors (Lipinski definition) is 3. The van der Waals surface area contributed by atoms with Crippen molar-refractivity contribution in [3.8, 4) is 0 Å². The van der Waals surface area contributed by atoms with Crippen molar-refractivity contribution in [3.05, 3.63) is 52.3 Å². The third kappa shape index (κ3) is 2.98. The van der Waals surface area contributed by atoms with Crippen molar-refractivity contribution < 1.29 is 12.8 Å². The maximum Gasteiger partial charge on any atom is 0.264 e. The molecular weight excluding hydrogens is 326 g/mol. The van der Waals surface area contributed by atoms with E-state index >= 15 is 0 Å². The van der Waals surface area contributed by atoms with Gasteiger partial charge >= 0.3 is 0 Å². The fourth-order valence-electron chi connectivity index (χ4n) is 1.52. The van der Waals surface area contributed by atoms with Crippen molar-refractivity contribution in [1.29, 1.82) is 0 Å². The molecule has 0 atom stereocenters. The third-order valence-electron chi connectivity index (χ3n) is 2.46. The molecule has 3 N–H and O–H groups in total. The van der Waals surface area contributed by atoms with E-state index in [9.17, 15) is 12.8 Å². The summed E-state index contributed by atoms with van der Waals surface area (Å²) in [6.07, 6.45) is 0. The molecule has 20 heavy (non-hydrogen) atoms. The number of benzene rings is 2. The predicted molar refractivity (Wildman–Crippen MR) is 78.1 cm³/mol. The zero-order chi connectivity index (χ0) is 14.9. The molecule has 0 aliphatic carbocycles. The summed E-state index contributed by atoms with van der Waals surface area (Å²) < 4.78 is 40.2. The smallest absolute Gasteiger partial charge is 0.264 e. The average molecular weight is 335 g/mol. The van der Waals surface area contributed by atoms with Crippen molar-refractivity contribution in [3.63, 3.8) is 0 Å². The van der Waals surface area contributed by atoms with Crippen LogP contribution in [0.4, 0.5) is 15.8 Å². The van der Waals surface area contributed by atoms with Gasteiger partial charge in [-0.15, -0.1) is 0 Å². The van der Waals surface area contributed by atoms with Crippen molar-refractivity contribution in [2.75, 3.05) is 10.5 Å². The van der Waals surface area contributed by atoms with Gasteiger partial charge in [-0.25, -0.2) is 12.8 Å². The summed E-state index contributed by atoms with van der Waals surface area (Å²) in [5.74, 6) is -0.863. The van der Waals surface area contributed by atoms with Gasteiger partial charge in [-0.1, -0.05) is 29.3 Å². The van der Waals surface area contributed by atoms with Crippen molar-refractivity contribution in [1.82, 2.24) is 0 Å². The molecule has 0 bridgehead atoms. The van der Waals surface area contributed by atoms with Crippen molar-refractivity contribution in [2.45, 2.75) is 4.90 Å².